The van der Waals surface area contributed by atoms with Crippen molar-refractivity contribution in [2.75, 3.05) is 19.6 Å². The first-order valence-electron chi connectivity index (χ1n) is 3.86. The molecule has 2 rings (SSSR count). The van der Waals surface area contributed by atoms with Crippen LogP contribution in [0.4, 0.5) is 0 Å². The van der Waals surface area contributed by atoms with Crippen LogP contribution in [0.25, 0.3) is 0 Å². The van der Waals surface area contributed by atoms with Crippen LogP contribution < -0.4 is 10.6 Å². The van der Waals surface area contributed by atoms with Crippen molar-refractivity contribution in [1.29, 1.82) is 0 Å². The van der Waals surface area contributed by atoms with Gasteiger partial charge in [0.05, 0.1) is 0 Å². The molecule has 2 aliphatic heterocycles. The molecule has 2 atom stereocenters. The van der Waals surface area contributed by atoms with Gasteiger partial charge in [-0.3, -0.25) is 4.79 Å². The van der Waals surface area contributed by atoms with Crippen molar-refractivity contribution >= 4 is 5.91 Å². The predicted molar refractivity (Wildman–Crippen MR) is 37.5 cm³/mol. The Bertz CT molecular complexity index is 158. The zero-order valence-electron chi connectivity index (χ0n) is 5.89. The van der Waals surface area contributed by atoms with E-state index in [0.717, 1.165) is 26.1 Å². The van der Waals surface area contributed by atoms with Gasteiger partial charge < -0.3 is 10.6 Å². The van der Waals surface area contributed by atoms with Crippen molar-refractivity contribution < 1.29 is 4.79 Å². The highest BCUT2D eigenvalue weighted by molar-refractivity contribution is 5.81. The van der Waals surface area contributed by atoms with E-state index in [4.69, 9.17) is 0 Å². The van der Waals surface area contributed by atoms with E-state index >= 15 is 0 Å². The van der Waals surface area contributed by atoms with Gasteiger partial charge in [-0.1, -0.05) is 0 Å². The molecule has 2 aliphatic rings. The van der Waals surface area contributed by atoms with Crippen LogP contribution in [-0.2, 0) is 4.79 Å². The summed E-state index contributed by atoms with van der Waals surface area (Å²) in [5, 5.41) is 6.17. The third kappa shape index (κ3) is 0.814. The fourth-order valence-corrected chi connectivity index (χ4v) is 1.85. The lowest BCUT2D eigenvalue weighted by Gasteiger charge is -2.22. The minimum atomic E-state index is 0.270. The minimum Gasteiger partial charge on any atom is -0.355 e. The minimum absolute atomic E-state index is 0.270. The molecule has 2 saturated heterocycles. The summed E-state index contributed by atoms with van der Waals surface area (Å²) in [4.78, 5) is 11.1. The average molecular weight is 140 g/mol. The van der Waals surface area contributed by atoms with E-state index in [9.17, 15) is 4.79 Å². The second-order valence-corrected chi connectivity index (χ2v) is 3.10. The summed E-state index contributed by atoms with van der Waals surface area (Å²) < 4.78 is 0. The molecule has 0 saturated carbocycles. The van der Waals surface area contributed by atoms with Gasteiger partial charge in [-0.25, -0.2) is 0 Å². The Balaban J connectivity index is 2.08. The Kier molecular flexibility index (Phi) is 1.38. The maximum absolute atomic E-state index is 11.1. The smallest absolute Gasteiger partial charge is 0.223 e. The van der Waals surface area contributed by atoms with E-state index in [-0.39, 0.29) is 5.91 Å². The Hall–Kier alpha value is -0.570. The summed E-state index contributed by atoms with van der Waals surface area (Å²) in [6, 6.07) is 0. The molecule has 0 aromatic heterocycles. The normalized spacial score (nSPS) is 39.0. The number of hydrogen-bond donors (Lipinski definition) is 2. The molecule has 3 nitrogen and oxygen atoms in total. The molecule has 0 unspecified atom stereocenters. The summed E-state index contributed by atoms with van der Waals surface area (Å²) in [5.41, 5.74) is 0. The van der Waals surface area contributed by atoms with Gasteiger partial charge in [0.25, 0.3) is 0 Å². The fraction of sp³-hybridized carbons (Fsp3) is 0.857. The first kappa shape index (κ1) is 6.16. The van der Waals surface area contributed by atoms with Crippen LogP contribution in [0.3, 0.4) is 0 Å². The van der Waals surface area contributed by atoms with Gasteiger partial charge in [-0.2, -0.15) is 0 Å². The van der Waals surface area contributed by atoms with Crippen molar-refractivity contribution in [3.63, 3.8) is 0 Å². The van der Waals surface area contributed by atoms with E-state index in [1.54, 1.807) is 0 Å². The molecule has 0 aliphatic carbocycles. The van der Waals surface area contributed by atoms with E-state index in [1.165, 1.54) is 0 Å². The Morgan fingerprint density at radius 1 is 1.40 bits per heavy atom. The van der Waals surface area contributed by atoms with Gasteiger partial charge in [0, 0.05) is 24.9 Å². The maximum atomic E-state index is 11.1. The molecule has 56 valence electrons. The lowest BCUT2D eigenvalue weighted by Crippen LogP contribution is -2.36. The van der Waals surface area contributed by atoms with E-state index < -0.39 is 0 Å². The molecule has 0 radical (unpaired) electrons. The van der Waals surface area contributed by atoms with Crippen LogP contribution in [0, 0.1) is 11.8 Å². The molecular weight excluding hydrogens is 128 g/mol. The van der Waals surface area contributed by atoms with Crippen LogP contribution >= 0.6 is 0 Å². The van der Waals surface area contributed by atoms with Crippen LogP contribution in [0.15, 0.2) is 0 Å². The SMILES string of the molecule is O=C1NC[C@H]2CNCC[C@H]12. The average Bonchev–Trinajstić information content (AvgIpc) is 2.34. The Morgan fingerprint density at radius 2 is 2.30 bits per heavy atom. The summed E-state index contributed by atoms with van der Waals surface area (Å²) in [6.45, 7) is 2.91. The van der Waals surface area contributed by atoms with Crippen molar-refractivity contribution in [3.05, 3.63) is 0 Å². The van der Waals surface area contributed by atoms with Gasteiger partial charge in [0.1, 0.15) is 0 Å². The summed E-state index contributed by atoms with van der Waals surface area (Å²) in [7, 11) is 0. The molecule has 0 bridgehead atoms. The fourth-order valence-electron chi connectivity index (χ4n) is 1.85. The standard InChI is InChI=1S/C7H12N2O/c10-7-6-1-2-8-3-5(6)4-9-7/h5-6,8H,1-4H2,(H,9,10)/t5-,6+/m1/s1. The number of amides is 1. The monoisotopic (exact) mass is 140 g/mol. The molecule has 2 heterocycles. The maximum Gasteiger partial charge on any atom is 0.223 e. The molecule has 2 N–H and O–H groups in total. The second-order valence-electron chi connectivity index (χ2n) is 3.10. The van der Waals surface area contributed by atoms with Crippen LogP contribution in [0.2, 0.25) is 0 Å². The van der Waals surface area contributed by atoms with Crippen molar-refractivity contribution in [2.24, 2.45) is 11.8 Å². The quantitative estimate of drug-likeness (QED) is 0.469. The van der Waals surface area contributed by atoms with Gasteiger partial charge in [0.15, 0.2) is 0 Å². The van der Waals surface area contributed by atoms with Crippen LogP contribution in [0.1, 0.15) is 6.42 Å². The number of nitrogens with one attached hydrogen (secondary N) is 2. The van der Waals surface area contributed by atoms with E-state index in [0.29, 0.717) is 11.8 Å². The van der Waals surface area contributed by atoms with Crippen molar-refractivity contribution in [1.82, 2.24) is 10.6 Å². The lowest BCUT2D eigenvalue weighted by atomic mass is 9.89. The summed E-state index contributed by atoms with van der Waals surface area (Å²) in [5.74, 6) is 1.16. The first-order chi connectivity index (χ1) is 4.88. The van der Waals surface area contributed by atoms with Crippen LogP contribution in [-0.4, -0.2) is 25.5 Å². The van der Waals surface area contributed by atoms with Gasteiger partial charge >= 0.3 is 0 Å². The van der Waals surface area contributed by atoms with Gasteiger partial charge in [0.2, 0.25) is 5.91 Å². The van der Waals surface area contributed by atoms with Crippen molar-refractivity contribution in [3.8, 4) is 0 Å². The molecule has 1 amide bonds. The summed E-state index contributed by atoms with van der Waals surface area (Å²) >= 11 is 0. The van der Waals surface area contributed by atoms with E-state index in [2.05, 4.69) is 10.6 Å². The molecule has 0 aromatic carbocycles. The predicted octanol–water partition coefficient (Wildman–Crippen LogP) is -0.658. The Labute approximate surface area is 60.2 Å². The number of carbonyl (C=O) groups excluding carboxylic acids is 1. The third-order valence-electron chi connectivity index (χ3n) is 2.48. The molecule has 0 spiro atoms. The Morgan fingerprint density at radius 3 is 3.10 bits per heavy atom. The highest BCUT2D eigenvalue weighted by Gasteiger charge is 2.35. The van der Waals surface area contributed by atoms with Crippen LogP contribution in [0.5, 0.6) is 0 Å². The topological polar surface area (TPSA) is 41.1 Å². The number of piperidine rings is 1. The molecule has 10 heavy (non-hydrogen) atoms. The molecule has 0 aromatic rings. The zero-order valence-corrected chi connectivity index (χ0v) is 5.89. The largest absolute Gasteiger partial charge is 0.355 e. The number of rotatable bonds is 0. The lowest BCUT2D eigenvalue weighted by molar-refractivity contribution is -0.123. The zero-order chi connectivity index (χ0) is 6.97. The summed E-state index contributed by atoms with van der Waals surface area (Å²) in [6.07, 6.45) is 1.02. The van der Waals surface area contributed by atoms with Crippen molar-refractivity contribution in [2.45, 2.75) is 6.42 Å². The number of fused-ring (bicyclic) bond motifs is 1. The highest BCUT2D eigenvalue weighted by atomic mass is 16.2. The first-order valence-corrected chi connectivity index (χ1v) is 3.86. The molecule has 3 heteroatoms. The number of hydrogen-bond acceptors (Lipinski definition) is 2. The highest BCUT2D eigenvalue weighted by Crippen LogP contribution is 2.22. The van der Waals surface area contributed by atoms with Gasteiger partial charge in [-0.05, 0) is 13.0 Å². The third-order valence-corrected chi connectivity index (χ3v) is 2.48. The van der Waals surface area contributed by atoms with Gasteiger partial charge in [-0.15, -0.1) is 0 Å². The second kappa shape index (κ2) is 2.23. The number of carbonyl (C=O) groups is 1. The molecule has 2 fully saturated rings. The molecular formula is C7H12N2O. The van der Waals surface area contributed by atoms with E-state index in [1.807, 2.05) is 0 Å².